The van der Waals surface area contributed by atoms with Gasteiger partial charge in [0.15, 0.2) is 0 Å². The molecule has 0 fully saturated rings. The van der Waals surface area contributed by atoms with Crippen LogP contribution in [0.4, 0.5) is 74.6 Å². The van der Waals surface area contributed by atoms with Crippen LogP contribution in [0.5, 0.6) is 0 Å². The van der Waals surface area contributed by atoms with Gasteiger partial charge in [-0.25, -0.2) is 4.79 Å². The van der Waals surface area contributed by atoms with Crippen molar-refractivity contribution < 1.29 is 98.6 Å². The van der Waals surface area contributed by atoms with E-state index >= 15 is 0 Å². The zero-order valence-electron chi connectivity index (χ0n) is 25.8. The van der Waals surface area contributed by atoms with Crippen molar-refractivity contribution in [2.75, 3.05) is 33.8 Å². The first-order valence-electron chi connectivity index (χ1n) is 13.6. The summed E-state index contributed by atoms with van der Waals surface area (Å²) in [7, 11) is 4.38. The molecule has 5 nitrogen and oxygen atoms in total. The van der Waals surface area contributed by atoms with Crippen molar-refractivity contribution in [1.29, 1.82) is 0 Å². The molecular weight excluding hydrogens is 713 g/mol. The molecule has 22 heteroatoms. The molecule has 0 spiro atoms. The first-order valence-corrected chi connectivity index (χ1v) is 13.6. The first kappa shape index (κ1) is 47.6. The van der Waals surface area contributed by atoms with Crippen LogP contribution in [-0.2, 0) is 14.3 Å². The van der Waals surface area contributed by atoms with Gasteiger partial charge in [-0.2, -0.15) is 74.6 Å². The zero-order chi connectivity index (χ0) is 39.0. The summed E-state index contributed by atoms with van der Waals surface area (Å²) in [5, 5.41) is 9.88. The summed E-state index contributed by atoms with van der Waals surface area (Å²) in [6.45, 7) is 9.97. The fourth-order valence-electron chi connectivity index (χ4n) is 3.38. The standard InChI is InChI=1S/C15H30NO2.C11H5F17O2/c1-6-7-8-9-10-11-16(4,5)12-13-18-15(17)14(2)3;12-4(13,2-1-3(29)30)5(14,15)6(16,17)7(18,19)8(20,21)9(22,23)10(24,25)11(26,27)28/h2,6-13H2,1,3-5H3;1-2H2,(H,29,30)/q+1;/p-1. The molecule has 0 unspecified atom stereocenters. The summed E-state index contributed by atoms with van der Waals surface area (Å²) in [6.07, 6.45) is -6.63. The lowest BCUT2D eigenvalue weighted by molar-refractivity contribution is -0.890. The van der Waals surface area contributed by atoms with E-state index in [0.29, 0.717) is 12.2 Å². The molecule has 0 aliphatic heterocycles. The number of rotatable bonds is 19. The largest absolute Gasteiger partial charge is 0.550 e. The Labute approximate surface area is 263 Å². The number of ether oxygens (including phenoxy) is 1. The molecule has 0 aliphatic rings. The molecule has 48 heavy (non-hydrogen) atoms. The van der Waals surface area contributed by atoms with E-state index in [4.69, 9.17) is 4.74 Å². The minimum atomic E-state index is -8.70. The molecule has 0 N–H and O–H groups in total. The molecule has 0 bridgehead atoms. The summed E-state index contributed by atoms with van der Waals surface area (Å²) >= 11 is 0. The number of hydrogen-bond acceptors (Lipinski definition) is 4. The number of unbranched alkanes of at least 4 members (excludes halogenated alkanes) is 4. The van der Waals surface area contributed by atoms with Gasteiger partial charge in [-0.15, -0.1) is 0 Å². The van der Waals surface area contributed by atoms with Gasteiger partial charge in [-0.1, -0.05) is 32.8 Å². The second kappa shape index (κ2) is 16.4. The predicted molar refractivity (Wildman–Crippen MR) is 131 cm³/mol. The topological polar surface area (TPSA) is 66.4 Å². The lowest BCUT2D eigenvalue weighted by Crippen LogP contribution is -2.74. The van der Waals surface area contributed by atoms with Gasteiger partial charge in [-0.05, 0) is 26.2 Å². The Kier molecular flexibility index (Phi) is 16.3. The fraction of sp³-hybridized carbons (Fsp3) is 0.846. The number of quaternary nitrogens is 1. The Morgan fingerprint density at radius 1 is 0.646 bits per heavy atom. The van der Waals surface area contributed by atoms with Crippen LogP contribution in [0.15, 0.2) is 12.2 Å². The van der Waals surface area contributed by atoms with E-state index in [1.54, 1.807) is 6.92 Å². The van der Waals surface area contributed by atoms with Crippen LogP contribution < -0.4 is 5.11 Å². The van der Waals surface area contributed by atoms with Gasteiger partial charge in [-0.3, -0.25) is 0 Å². The van der Waals surface area contributed by atoms with Crippen molar-refractivity contribution in [3.8, 4) is 0 Å². The van der Waals surface area contributed by atoms with Crippen LogP contribution in [0, 0.1) is 0 Å². The van der Waals surface area contributed by atoms with Crippen LogP contribution in [0.2, 0.25) is 0 Å². The maximum atomic E-state index is 13.2. The van der Waals surface area contributed by atoms with Gasteiger partial charge in [0.1, 0.15) is 13.2 Å². The highest BCUT2D eigenvalue weighted by Gasteiger charge is 2.95. The van der Waals surface area contributed by atoms with Gasteiger partial charge < -0.3 is 19.1 Å². The molecular formula is C26H34F17NO4. The van der Waals surface area contributed by atoms with Crippen molar-refractivity contribution in [2.45, 2.75) is 106 Å². The maximum absolute atomic E-state index is 13.2. The number of carboxylic acid groups (broad SMARTS) is 1. The number of carbonyl (C=O) groups excluding carboxylic acids is 2. The van der Waals surface area contributed by atoms with Crippen LogP contribution in [0.3, 0.4) is 0 Å². The predicted octanol–water partition coefficient (Wildman–Crippen LogP) is 7.68. The van der Waals surface area contributed by atoms with E-state index in [9.17, 15) is 89.3 Å². The number of esters is 1. The van der Waals surface area contributed by atoms with Crippen molar-refractivity contribution in [3.63, 3.8) is 0 Å². The number of likely N-dealkylation sites (N-methyl/N-ethyl adjacent to an activating group) is 1. The Hall–Kier alpha value is -2.55. The van der Waals surface area contributed by atoms with Gasteiger partial charge in [0.05, 0.1) is 20.6 Å². The summed E-state index contributed by atoms with van der Waals surface area (Å²) in [6, 6.07) is 0. The van der Waals surface area contributed by atoms with Gasteiger partial charge >= 0.3 is 53.6 Å². The molecule has 0 heterocycles. The quantitative estimate of drug-likeness (QED) is 0.0448. The molecule has 0 aromatic heterocycles. The number of carboxylic acids is 1. The molecule has 0 aromatic carbocycles. The highest BCUT2D eigenvalue weighted by Crippen LogP contribution is 2.64. The van der Waals surface area contributed by atoms with Crippen LogP contribution in [0.1, 0.15) is 58.8 Å². The number of nitrogens with zero attached hydrogens (tertiary/aromatic N) is 1. The van der Waals surface area contributed by atoms with E-state index < -0.39 is 66.4 Å². The zero-order valence-corrected chi connectivity index (χ0v) is 25.8. The second-order valence-electron chi connectivity index (χ2n) is 11.2. The van der Waals surface area contributed by atoms with Gasteiger partial charge in [0.25, 0.3) is 0 Å². The van der Waals surface area contributed by atoms with Crippen LogP contribution >= 0.6 is 0 Å². The minimum absolute atomic E-state index is 0.280. The van der Waals surface area contributed by atoms with E-state index in [2.05, 4.69) is 27.6 Å². The fourth-order valence-corrected chi connectivity index (χ4v) is 3.38. The Bertz CT molecular complexity index is 1070. The molecule has 0 aliphatic carbocycles. The summed E-state index contributed by atoms with van der Waals surface area (Å²) in [4.78, 5) is 21.1. The minimum Gasteiger partial charge on any atom is -0.550 e. The third-order valence-electron chi connectivity index (χ3n) is 6.58. The van der Waals surface area contributed by atoms with Crippen molar-refractivity contribution in [1.82, 2.24) is 0 Å². The highest BCUT2D eigenvalue weighted by atomic mass is 19.4. The van der Waals surface area contributed by atoms with Crippen LogP contribution in [-0.4, -0.2) is 97.8 Å². The average Bonchev–Trinajstić information content (AvgIpc) is 2.90. The van der Waals surface area contributed by atoms with E-state index in [-0.39, 0.29) is 5.97 Å². The summed E-state index contributed by atoms with van der Waals surface area (Å²) < 4.78 is 224. The molecule has 0 aromatic rings. The lowest BCUT2D eigenvalue weighted by atomic mass is 9.88. The molecule has 286 valence electrons. The number of hydrogen-bond donors (Lipinski definition) is 0. The van der Waals surface area contributed by atoms with Crippen LogP contribution in [0.25, 0.3) is 0 Å². The Morgan fingerprint density at radius 2 is 1.04 bits per heavy atom. The smallest absolute Gasteiger partial charge is 0.460 e. The third kappa shape index (κ3) is 10.7. The summed E-state index contributed by atoms with van der Waals surface area (Å²) in [5.41, 5.74) is 0.472. The van der Waals surface area contributed by atoms with Gasteiger partial charge in [0, 0.05) is 18.0 Å². The average molecular weight is 748 g/mol. The van der Waals surface area contributed by atoms with Crippen molar-refractivity contribution >= 4 is 11.9 Å². The first-order chi connectivity index (χ1) is 21.1. The van der Waals surface area contributed by atoms with Crippen molar-refractivity contribution in [3.05, 3.63) is 12.2 Å². The van der Waals surface area contributed by atoms with E-state index in [0.717, 1.165) is 17.6 Å². The molecule has 0 radical (unpaired) electrons. The normalized spacial score (nSPS) is 14.3. The number of halogens is 17. The third-order valence-corrected chi connectivity index (χ3v) is 6.58. The number of aliphatic carboxylic acids is 1. The Morgan fingerprint density at radius 3 is 1.42 bits per heavy atom. The molecule has 0 amide bonds. The highest BCUT2D eigenvalue weighted by molar-refractivity contribution is 5.86. The molecule has 0 saturated heterocycles. The molecule has 0 saturated carbocycles. The monoisotopic (exact) mass is 747 g/mol. The van der Waals surface area contributed by atoms with Gasteiger partial charge in [0.2, 0.25) is 0 Å². The van der Waals surface area contributed by atoms with Crippen molar-refractivity contribution in [2.24, 2.45) is 0 Å². The summed E-state index contributed by atoms with van der Waals surface area (Å²) in [5.74, 6) is -60.1. The second-order valence-corrected chi connectivity index (χ2v) is 11.2. The SMILES string of the molecule is C=C(C)C(=O)OCC[N+](C)(C)CCCCCCC.O=C([O-])CCC(F)(F)C(F)(F)C(F)(F)C(F)(F)C(F)(F)C(F)(F)C(F)(F)C(F)(F)F. The number of carbonyl (C=O) groups is 2. The van der Waals surface area contributed by atoms with E-state index in [1.165, 1.54) is 32.1 Å². The maximum Gasteiger partial charge on any atom is 0.460 e. The molecule has 0 rings (SSSR count). The van der Waals surface area contributed by atoms with E-state index in [1.807, 2.05) is 0 Å². The molecule has 0 atom stereocenters. The lowest BCUT2D eigenvalue weighted by Gasteiger charge is -2.42. The Balaban J connectivity index is 0. The number of alkyl halides is 17.